The molecule has 2 aliphatic rings. The van der Waals surface area contributed by atoms with Gasteiger partial charge in [0.1, 0.15) is 5.37 Å². The first-order chi connectivity index (χ1) is 20.4. The van der Waals surface area contributed by atoms with Gasteiger partial charge in [-0.1, -0.05) is 67.6 Å². The zero-order valence-electron chi connectivity index (χ0n) is 23.3. The second kappa shape index (κ2) is 11.0. The van der Waals surface area contributed by atoms with Crippen molar-refractivity contribution in [1.82, 2.24) is 5.32 Å². The molecule has 4 unspecified atom stereocenters. The summed E-state index contributed by atoms with van der Waals surface area (Å²) in [5.74, 6) is -1.36. The third-order valence-corrected chi connectivity index (χ3v) is 10.6. The third-order valence-electron chi connectivity index (χ3n) is 8.66. The van der Waals surface area contributed by atoms with Crippen molar-refractivity contribution in [3.8, 4) is 22.3 Å². The van der Waals surface area contributed by atoms with Gasteiger partial charge in [0.25, 0.3) is 0 Å². The Hall–Kier alpha value is -3.95. The van der Waals surface area contributed by atoms with Crippen LogP contribution in [0.2, 0.25) is 0 Å². The normalized spacial score (nSPS) is 20.7. The summed E-state index contributed by atoms with van der Waals surface area (Å²) < 4.78 is 67.1. The van der Waals surface area contributed by atoms with E-state index >= 15 is 0 Å². The molecule has 1 aliphatic carbocycles. The van der Waals surface area contributed by atoms with Gasteiger partial charge in [0.05, 0.1) is 16.4 Å². The van der Waals surface area contributed by atoms with E-state index in [1.54, 1.807) is 30.3 Å². The van der Waals surface area contributed by atoms with Gasteiger partial charge in [0.15, 0.2) is 9.84 Å². The molecule has 6 rings (SSSR count). The first-order valence-corrected chi connectivity index (χ1v) is 15.7. The number of fused-ring (bicyclic) bond motifs is 1. The highest BCUT2D eigenvalue weighted by atomic mass is 32.2. The molecule has 1 heterocycles. The number of sulfone groups is 1. The van der Waals surface area contributed by atoms with Crippen LogP contribution in [0.5, 0.6) is 0 Å². The average molecular weight is 606 g/mol. The van der Waals surface area contributed by atoms with E-state index in [0.717, 1.165) is 36.1 Å². The number of carboxylic acids is 1. The summed E-state index contributed by atoms with van der Waals surface area (Å²) in [7, 11) is -3.79. The average Bonchev–Trinajstić information content (AvgIpc) is 3.71. The van der Waals surface area contributed by atoms with Gasteiger partial charge < -0.3 is 5.11 Å². The van der Waals surface area contributed by atoms with Crippen LogP contribution in [0.25, 0.3) is 22.3 Å². The van der Waals surface area contributed by atoms with Gasteiger partial charge in [-0.25, -0.2) is 8.42 Å². The fraction of sp³-hybridized carbons (Fsp3) is 0.265. The number of halogens is 3. The van der Waals surface area contributed by atoms with Crippen LogP contribution in [0.1, 0.15) is 46.9 Å². The van der Waals surface area contributed by atoms with Gasteiger partial charge in [-0.05, 0) is 94.0 Å². The van der Waals surface area contributed by atoms with Crippen LogP contribution in [0.15, 0.2) is 95.9 Å². The molecular weight excluding hydrogens is 575 g/mol. The van der Waals surface area contributed by atoms with Gasteiger partial charge in [-0.3, -0.25) is 10.1 Å². The zero-order chi connectivity index (χ0) is 30.5. The molecule has 4 aromatic rings. The SMILES string of the molecule is CC1CC1C(C(=O)O)c1ccc(-c2ccc(C(F)(F)F)cc2)c(-c2ccc(S(=O)(=O)C3NCCc4ccccc43)cc2)c1. The first kappa shape index (κ1) is 29.1. The molecule has 0 amide bonds. The van der Waals surface area contributed by atoms with Gasteiger partial charge in [0, 0.05) is 6.54 Å². The highest BCUT2D eigenvalue weighted by Crippen LogP contribution is 2.49. The van der Waals surface area contributed by atoms with Crippen molar-refractivity contribution in [3.05, 3.63) is 113 Å². The van der Waals surface area contributed by atoms with Crippen LogP contribution in [-0.2, 0) is 27.2 Å². The van der Waals surface area contributed by atoms with E-state index in [2.05, 4.69) is 5.32 Å². The Kier molecular flexibility index (Phi) is 7.42. The van der Waals surface area contributed by atoms with E-state index < -0.39 is 38.8 Å². The Labute approximate surface area is 248 Å². The lowest BCUT2D eigenvalue weighted by atomic mass is 9.86. The smallest absolute Gasteiger partial charge is 0.416 e. The fourth-order valence-electron chi connectivity index (χ4n) is 6.18. The molecule has 4 aromatic carbocycles. The molecule has 2 N–H and O–H groups in total. The van der Waals surface area contributed by atoms with Crippen molar-refractivity contribution in [3.63, 3.8) is 0 Å². The Morgan fingerprint density at radius 2 is 1.53 bits per heavy atom. The number of nitrogens with one attached hydrogen (secondary N) is 1. The van der Waals surface area contributed by atoms with E-state index in [1.807, 2.05) is 31.2 Å². The quantitative estimate of drug-likeness (QED) is 0.228. The monoisotopic (exact) mass is 605 g/mol. The van der Waals surface area contributed by atoms with E-state index in [1.165, 1.54) is 24.3 Å². The van der Waals surface area contributed by atoms with Gasteiger partial charge in [0.2, 0.25) is 0 Å². The standard InChI is InChI=1S/C34H30F3NO4S/c1-20-18-29(20)31(33(39)40)24-10-15-27(22-6-11-25(12-7-22)34(35,36)37)30(19-24)23-8-13-26(14-9-23)43(41,42)32-28-5-3-2-4-21(28)16-17-38-32/h2-15,19-20,29,31-32,38H,16-18H2,1H3,(H,39,40). The number of benzene rings is 4. The highest BCUT2D eigenvalue weighted by Gasteiger charge is 2.44. The maximum absolute atomic E-state index is 13.7. The predicted octanol–water partition coefficient (Wildman–Crippen LogP) is 7.48. The molecule has 9 heteroatoms. The second-order valence-corrected chi connectivity index (χ2v) is 13.5. The maximum Gasteiger partial charge on any atom is 0.416 e. The topological polar surface area (TPSA) is 83.5 Å². The molecule has 1 fully saturated rings. The maximum atomic E-state index is 13.7. The van der Waals surface area contributed by atoms with Crippen molar-refractivity contribution < 1.29 is 31.5 Å². The molecule has 4 atom stereocenters. The first-order valence-electron chi connectivity index (χ1n) is 14.1. The summed E-state index contributed by atoms with van der Waals surface area (Å²) >= 11 is 0. The van der Waals surface area contributed by atoms with Crippen molar-refractivity contribution in [2.24, 2.45) is 11.8 Å². The number of rotatable bonds is 7. The van der Waals surface area contributed by atoms with Gasteiger partial charge >= 0.3 is 12.1 Å². The van der Waals surface area contributed by atoms with Crippen LogP contribution < -0.4 is 5.32 Å². The number of alkyl halides is 3. The minimum atomic E-state index is -4.48. The van der Waals surface area contributed by atoms with Crippen LogP contribution in [0.4, 0.5) is 13.2 Å². The molecule has 5 nitrogen and oxygen atoms in total. The fourth-order valence-corrected chi connectivity index (χ4v) is 7.86. The summed E-state index contributed by atoms with van der Waals surface area (Å²) in [6, 6.07) is 23.9. The van der Waals surface area contributed by atoms with Crippen LogP contribution >= 0.6 is 0 Å². The number of hydrogen-bond donors (Lipinski definition) is 2. The van der Waals surface area contributed by atoms with Crippen molar-refractivity contribution in [2.75, 3.05) is 6.54 Å². The van der Waals surface area contributed by atoms with Crippen molar-refractivity contribution in [1.29, 1.82) is 0 Å². The van der Waals surface area contributed by atoms with Crippen LogP contribution in [0, 0.1) is 11.8 Å². The number of hydrogen-bond acceptors (Lipinski definition) is 4. The van der Waals surface area contributed by atoms with E-state index in [9.17, 15) is 31.5 Å². The lowest BCUT2D eigenvalue weighted by molar-refractivity contribution is -0.139. The number of aliphatic carboxylic acids is 1. The Morgan fingerprint density at radius 1 is 0.907 bits per heavy atom. The third kappa shape index (κ3) is 5.59. The highest BCUT2D eigenvalue weighted by molar-refractivity contribution is 7.91. The van der Waals surface area contributed by atoms with Crippen LogP contribution in [0.3, 0.4) is 0 Å². The molecule has 1 aliphatic heterocycles. The minimum Gasteiger partial charge on any atom is -0.481 e. The largest absolute Gasteiger partial charge is 0.481 e. The molecule has 0 bridgehead atoms. The summed E-state index contributed by atoms with van der Waals surface area (Å²) in [5.41, 5.74) is 3.93. The van der Waals surface area contributed by atoms with Crippen molar-refractivity contribution >= 4 is 15.8 Å². The second-order valence-electron chi connectivity index (χ2n) is 11.4. The van der Waals surface area contributed by atoms with E-state index in [0.29, 0.717) is 34.4 Å². The molecule has 0 saturated heterocycles. The Balaban J connectivity index is 1.41. The molecule has 0 aromatic heterocycles. The molecule has 1 saturated carbocycles. The summed E-state index contributed by atoms with van der Waals surface area (Å²) in [6.45, 7) is 2.55. The lowest BCUT2D eigenvalue weighted by Gasteiger charge is -2.26. The zero-order valence-corrected chi connectivity index (χ0v) is 24.1. The summed E-state index contributed by atoms with van der Waals surface area (Å²) in [5, 5.41) is 12.3. The summed E-state index contributed by atoms with van der Waals surface area (Å²) in [4.78, 5) is 12.4. The minimum absolute atomic E-state index is 0.000610. The number of carboxylic acid groups (broad SMARTS) is 1. The predicted molar refractivity (Wildman–Crippen MR) is 158 cm³/mol. The molecular formula is C34H30F3NO4S. The van der Waals surface area contributed by atoms with Gasteiger partial charge in [-0.2, -0.15) is 13.2 Å². The van der Waals surface area contributed by atoms with Crippen LogP contribution in [-0.4, -0.2) is 26.0 Å². The van der Waals surface area contributed by atoms with E-state index in [4.69, 9.17) is 0 Å². The lowest BCUT2D eigenvalue weighted by Crippen LogP contribution is -2.35. The number of carbonyl (C=O) groups is 1. The Morgan fingerprint density at radius 3 is 2.16 bits per heavy atom. The van der Waals surface area contributed by atoms with Gasteiger partial charge in [-0.15, -0.1) is 0 Å². The molecule has 0 spiro atoms. The molecule has 222 valence electrons. The Bertz CT molecular complexity index is 1780. The molecule has 43 heavy (non-hydrogen) atoms. The summed E-state index contributed by atoms with van der Waals surface area (Å²) in [6.07, 6.45) is -2.94. The van der Waals surface area contributed by atoms with Crippen molar-refractivity contribution in [2.45, 2.75) is 42.1 Å². The molecule has 0 radical (unpaired) electrons. The van der Waals surface area contributed by atoms with E-state index in [-0.39, 0.29) is 16.7 Å².